The number of carboxylic acid groups (broad SMARTS) is 1. The Morgan fingerprint density at radius 1 is 1.48 bits per heavy atom. The molecule has 5 nitrogen and oxygen atoms in total. The molecule has 0 spiro atoms. The second-order valence-electron chi connectivity index (χ2n) is 4.06. The van der Waals surface area contributed by atoms with Crippen molar-refractivity contribution in [3.8, 4) is 0 Å². The lowest BCUT2D eigenvalue weighted by Crippen LogP contribution is -2.05. The number of carbonyl (C=O) groups is 2. The van der Waals surface area contributed by atoms with Gasteiger partial charge < -0.3 is 10.4 Å². The number of benzene rings is 1. The zero-order chi connectivity index (χ0) is 15.4. The lowest BCUT2D eigenvalue weighted by Gasteiger charge is -2.03. The molecule has 2 rings (SSSR count). The van der Waals surface area contributed by atoms with Crippen molar-refractivity contribution >= 4 is 40.1 Å². The predicted octanol–water partition coefficient (Wildman–Crippen LogP) is 3.23. The van der Waals surface area contributed by atoms with E-state index in [1.165, 1.54) is 30.4 Å². The minimum Gasteiger partial charge on any atom is -0.478 e. The van der Waals surface area contributed by atoms with Gasteiger partial charge in [-0.05, 0) is 18.2 Å². The van der Waals surface area contributed by atoms with Crippen molar-refractivity contribution in [2.24, 2.45) is 0 Å². The van der Waals surface area contributed by atoms with Gasteiger partial charge in [-0.3, -0.25) is 4.79 Å². The Morgan fingerprint density at radius 3 is 2.90 bits per heavy atom. The SMILES string of the molecule is CC(=O)Nc1nc(CSc2cc(C(=O)O)ccc2F)cs1. The van der Waals surface area contributed by atoms with Crippen LogP contribution >= 0.6 is 23.1 Å². The molecule has 21 heavy (non-hydrogen) atoms. The smallest absolute Gasteiger partial charge is 0.335 e. The molecule has 2 aromatic rings. The number of carboxylic acids is 1. The van der Waals surface area contributed by atoms with Crippen LogP contribution in [-0.4, -0.2) is 22.0 Å². The van der Waals surface area contributed by atoms with Crippen molar-refractivity contribution in [1.82, 2.24) is 4.98 Å². The van der Waals surface area contributed by atoms with E-state index in [2.05, 4.69) is 10.3 Å². The molecule has 1 amide bonds. The summed E-state index contributed by atoms with van der Waals surface area (Å²) in [5, 5.41) is 13.7. The molecule has 0 atom stereocenters. The lowest BCUT2D eigenvalue weighted by molar-refractivity contribution is -0.114. The molecule has 0 bridgehead atoms. The fourth-order valence-electron chi connectivity index (χ4n) is 1.48. The van der Waals surface area contributed by atoms with Gasteiger partial charge in [-0.1, -0.05) is 0 Å². The maximum atomic E-state index is 13.6. The van der Waals surface area contributed by atoms with E-state index >= 15 is 0 Å². The Bertz CT molecular complexity index is 688. The van der Waals surface area contributed by atoms with Gasteiger partial charge in [0.1, 0.15) is 5.82 Å². The first-order valence-corrected chi connectivity index (χ1v) is 7.70. The zero-order valence-electron chi connectivity index (χ0n) is 10.9. The number of anilines is 1. The molecule has 1 aromatic carbocycles. The highest BCUT2D eigenvalue weighted by Crippen LogP contribution is 2.28. The number of nitrogens with zero attached hydrogens (tertiary/aromatic N) is 1. The Labute approximate surface area is 128 Å². The summed E-state index contributed by atoms with van der Waals surface area (Å²) in [5.74, 6) is -1.39. The molecular weight excluding hydrogens is 315 g/mol. The van der Waals surface area contributed by atoms with Crippen LogP contribution in [0.15, 0.2) is 28.5 Å². The first-order valence-electron chi connectivity index (χ1n) is 5.83. The average molecular weight is 326 g/mol. The highest BCUT2D eigenvalue weighted by Gasteiger charge is 2.10. The largest absolute Gasteiger partial charge is 0.478 e. The molecule has 110 valence electrons. The summed E-state index contributed by atoms with van der Waals surface area (Å²) in [6, 6.07) is 3.65. The fraction of sp³-hybridized carbons (Fsp3) is 0.154. The summed E-state index contributed by atoms with van der Waals surface area (Å²) >= 11 is 2.44. The number of halogens is 1. The predicted molar refractivity (Wildman–Crippen MR) is 79.3 cm³/mol. The van der Waals surface area contributed by atoms with Crippen LogP contribution in [-0.2, 0) is 10.5 Å². The van der Waals surface area contributed by atoms with Gasteiger partial charge in [-0.25, -0.2) is 14.2 Å². The number of hydrogen-bond acceptors (Lipinski definition) is 5. The Morgan fingerprint density at radius 2 is 2.24 bits per heavy atom. The standard InChI is InChI=1S/C13H11FN2O3S2/c1-7(17)15-13-16-9(6-21-13)5-20-11-4-8(12(18)19)2-3-10(11)14/h2-4,6H,5H2,1H3,(H,18,19)(H,15,16,17). The van der Waals surface area contributed by atoms with E-state index in [1.54, 1.807) is 5.38 Å². The van der Waals surface area contributed by atoms with Crippen LogP contribution in [0.5, 0.6) is 0 Å². The Hall–Kier alpha value is -1.93. The Balaban J connectivity index is 2.05. The first-order chi connectivity index (χ1) is 9.95. The Kier molecular flexibility index (Phi) is 4.92. The summed E-state index contributed by atoms with van der Waals surface area (Å²) in [6.07, 6.45) is 0. The highest BCUT2D eigenvalue weighted by molar-refractivity contribution is 7.98. The van der Waals surface area contributed by atoms with E-state index in [-0.39, 0.29) is 16.4 Å². The molecule has 0 saturated carbocycles. The number of thiazole rings is 1. The van der Waals surface area contributed by atoms with Gasteiger partial charge in [0, 0.05) is 23.0 Å². The maximum Gasteiger partial charge on any atom is 0.335 e. The van der Waals surface area contributed by atoms with Crippen LogP contribution < -0.4 is 5.32 Å². The summed E-state index contributed by atoms with van der Waals surface area (Å²) in [7, 11) is 0. The van der Waals surface area contributed by atoms with Gasteiger partial charge in [0.15, 0.2) is 5.13 Å². The molecule has 0 fully saturated rings. The van der Waals surface area contributed by atoms with E-state index in [9.17, 15) is 14.0 Å². The summed E-state index contributed by atoms with van der Waals surface area (Å²) in [5.41, 5.74) is 0.727. The van der Waals surface area contributed by atoms with Crippen molar-refractivity contribution in [3.63, 3.8) is 0 Å². The normalized spacial score (nSPS) is 10.4. The molecule has 2 N–H and O–H groups in total. The van der Waals surface area contributed by atoms with Crippen LogP contribution in [0.4, 0.5) is 9.52 Å². The van der Waals surface area contributed by atoms with Crippen LogP contribution in [0, 0.1) is 5.82 Å². The second kappa shape index (κ2) is 6.68. The van der Waals surface area contributed by atoms with Gasteiger partial charge in [-0.15, -0.1) is 23.1 Å². The van der Waals surface area contributed by atoms with E-state index in [1.807, 2.05) is 0 Å². The summed E-state index contributed by atoms with van der Waals surface area (Å²) in [6.45, 7) is 1.39. The van der Waals surface area contributed by atoms with Gasteiger partial charge in [0.2, 0.25) is 5.91 Å². The highest BCUT2D eigenvalue weighted by atomic mass is 32.2. The molecular formula is C13H11FN2O3S2. The molecule has 0 saturated heterocycles. The van der Waals surface area contributed by atoms with Crippen molar-refractivity contribution in [2.45, 2.75) is 17.6 Å². The number of rotatable bonds is 5. The third-order valence-electron chi connectivity index (χ3n) is 2.39. The van der Waals surface area contributed by atoms with E-state index in [0.717, 1.165) is 17.8 Å². The molecule has 0 radical (unpaired) electrons. The zero-order valence-corrected chi connectivity index (χ0v) is 12.6. The third kappa shape index (κ3) is 4.27. The van der Waals surface area contributed by atoms with Crippen molar-refractivity contribution in [3.05, 3.63) is 40.7 Å². The van der Waals surface area contributed by atoms with Gasteiger partial charge in [0.05, 0.1) is 11.3 Å². The van der Waals surface area contributed by atoms with Crippen LogP contribution in [0.3, 0.4) is 0 Å². The monoisotopic (exact) mass is 326 g/mol. The minimum atomic E-state index is -1.10. The molecule has 1 heterocycles. The molecule has 0 aliphatic rings. The molecule has 8 heteroatoms. The fourth-order valence-corrected chi connectivity index (χ4v) is 3.21. The summed E-state index contributed by atoms with van der Waals surface area (Å²) in [4.78, 5) is 26.2. The number of thioether (sulfide) groups is 1. The molecule has 0 aliphatic carbocycles. The number of carbonyl (C=O) groups excluding carboxylic acids is 1. The summed E-state index contributed by atoms with van der Waals surface area (Å²) < 4.78 is 13.6. The van der Waals surface area contributed by atoms with Crippen LogP contribution in [0.2, 0.25) is 0 Å². The number of nitrogens with one attached hydrogen (secondary N) is 1. The molecule has 1 aromatic heterocycles. The third-order valence-corrected chi connectivity index (χ3v) is 4.26. The van der Waals surface area contributed by atoms with Gasteiger partial charge in [0.25, 0.3) is 0 Å². The minimum absolute atomic E-state index is 0.0381. The quantitative estimate of drug-likeness (QED) is 0.825. The van der Waals surface area contributed by atoms with E-state index in [4.69, 9.17) is 5.11 Å². The van der Waals surface area contributed by atoms with Crippen molar-refractivity contribution < 1.29 is 19.1 Å². The number of amides is 1. The topological polar surface area (TPSA) is 79.3 Å². The molecule has 0 unspecified atom stereocenters. The van der Waals surface area contributed by atoms with Gasteiger partial charge in [-0.2, -0.15) is 0 Å². The number of hydrogen-bond donors (Lipinski definition) is 2. The van der Waals surface area contributed by atoms with Crippen molar-refractivity contribution in [1.29, 1.82) is 0 Å². The van der Waals surface area contributed by atoms with E-state index < -0.39 is 11.8 Å². The lowest BCUT2D eigenvalue weighted by atomic mass is 10.2. The first kappa shape index (κ1) is 15.5. The van der Waals surface area contributed by atoms with Crippen LogP contribution in [0.25, 0.3) is 0 Å². The average Bonchev–Trinajstić information content (AvgIpc) is 2.84. The molecule has 0 aliphatic heterocycles. The number of aromatic nitrogens is 1. The maximum absolute atomic E-state index is 13.6. The van der Waals surface area contributed by atoms with Crippen LogP contribution in [0.1, 0.15) is 23.0 Å². The number of aromatic carboxylic acids is 1. The van der Waals surface area contributed by atoms with Crippen molar-refractivity contribution in [2.75, 3.05) is 5.32 Å². The second-order valence-corrected chi connectivity index (χ2v) is 5.94. The van der Waals surface area contributed by atoms with E-state index in [0.29, 0.717) is 16.6 Å². The van der Waals surface area contributed by atoms with Gasteiger partial charge >= 0.3 is 5.97 Å².